The van der Waals surface area contributed by atoms with Crippen molar-refractivity contribution in [1.82, 2.24) is 10.2 Å². The van der Waals surface area contributed by atoms with Crippen LogP contribution in [-0.4, -0.2) is 30.3 Å². The molecule has 29 heavy (non-hydrogen) atoms. The summed E-state index contributed by atoms with van der Waals surface area (Å²) in [5.74, 6) is 0.843. The van der Waals surface area contributed by atoms with Gasteiger partial charge < -0.3 is 14.8 Å². The van der Waals surface area contributed by atoms with E-state index in [0.29, 0.717) is 34.0 Å². The van der Waals surface area contributed by atoms with Crippen LogP contribution < -0.4 is 14.8 Å². The van der Waals surface area contributed by atoms with Gasteiger partial charge in [0.25, 0.3) is 5.91 Å². The minimum absolute atomic E-state index is 0.304. The van der Waals surface area contributed by atoms with Gasteiger partial charge in [-0.05, 0) is 18.2 Å². The number of fused-ring (bicyclic) bond motifs is 1. The monoisotopic (exact) mass is 385 g/mol. The number of ether oxygens (including phenoxy) is 2. The summed E-state index contributed by atoms with van der Waals surface area (Å²) in [4.78, 5) is 13.4. The van der Waals surface area contributed by atoms with Crippen LogP contribution in [0.5, 0.6) is 11.5 Å². The molecule has 0 saturated heterocycles. The maximum Gasteiger partial charge on any atom is 0.258 e. The summed E-state index contributed by atoms with van der Waals surface area (Å²) in [7, 11) is 3.12. The maximum absolute atomic E-state index is 13.4. The molecule has 0 spiro atoms. The summed E-state index contributed by atoms with van der Waals surface area (Å²) in [6.07, 6.45) is 0. The Kier molecular flexibility index (Phi) is 5.07. The van der Waals surface area contributed by atoms with E-state index < -0.39 is 0 Å². The lowest BCUT2D eigenvalue weighted by Gasteiger charge is -2.14. The van der Waals surface area contributed by atoms with Gasteiger partial charge >= 0.3 is 0 Å². The second-order valence-electron chi connectivity index (χ2n) is 6.33. The van der Waals surface area contributed by atoms with Crippen molar-refractivity contribution in [3.8, 4) is 22.8 Å². The molecule has 4 aromatic rings. The van der Waals surface area contributed by atoms with E-state index in [1.54, 1.807) is 32.4 Å². The molecule has 0 aliphatic carbocycles. The predicted octanol–water partition coefficient (Wildman–Crippen LogP) is 4.57. The Hall–Kier alpha value is -3.93. The van der Waals surface area contributed by atoms with Crippen LogP contribution in [0.25, 0.3) is 22.2 Å². The van der Waals surface area contributed by atoms with Crippen LogP contribution in [0.2, 0.25) is 0 Å². The van der Waals surface area contributed by atoms with Gasteiger partial charge in [-0.25, -0.2) is 0 Å². The summed E-state index contributed by atoms with van der Waals surface area (Å²) >= 11 is 0. The quantitative estimate of drug-likeness (QED) is 0.545. The smallest absolute Gasteiger partial charge is 0.258 e. The van der Waals surface area contributed by atoms with Crippen LogP contribution in [0, 0.1) is 0 Å². The minimum Gasteiger partial charge on any atom is -0.497 e. The lowest BCUT2D eigenvalue weighted by atomic mass is 10.0. The van der Waals surface area contributed by atoms with E-state index in [-0.39, 0.29) is 5.91 Å². The Morgan fingerprint density at radius 3 is 2.38 bits per heavy atom. The van der Waals surface area contributed by atoms with E-state index in [1.807, 2.05) is 54.6 Å². The summed E-state index contributed by atoms with van der Waals surface area (Å²) in [6.45, 7) is 0. The Labute approximate surface area is 168 Å². The second-order valence-corrected chi connectivity index (χ2v) is 6.33. The van der Waals surface area contributed by atoms with Crippen LogP contribution >= 0.6 is 0 Å². The molecule has 4 rings (SSSR count). The van der Waals surface area contributed by atoms with E-state index in [1.165, 1.54) is 0 Å². The van der Waals surface area contributed by atoms with Gasteiger partial charge in [-0.2, -0.15) is 0 Å². The third-order valence-corrected chi connectivity index (χ3v) is 4.60. The molecule has 6 heteroatoms. The predicted molar refractivity (Wildman–Crippen MR) is 112 cm³/mol. The van der Waals surface area contributed by atoms with Gasteiger partial charge in [-0.1, -0.05) is 48.5 Å². The molecule has 0 aliphatic heterocycles. The molecule has 0 unspecified atom stereocenters. The molecule has 0 fully saturated rings. The van der Waals surface area contributed by atoms with Gasteiger partial charge in [0.1, 0.15) is 17.2 Å². The molecule has 0 bridgehead atoms. The van der Waals surface area contributed by atoms with Crippen molar-refractivity contribution in [1.29, 1.82) is 0 Å². The summed E-state index contributed by atoms with van der Waals surface area (Å²) in [5, 5.41) is 12.3. The molecule has 0 atom stereocenters. The number of hydrogen-bond acceptors (Lipinski definition) is 5. The number of methoxy groups -OCH3 is 2. The Balaban J connectivity index is 1.86. The van der Waals surface area contributed by atoms with Crippen LogP contribution in [-0.2, 0) is 0 Å². The van der Waals surface area contributed by atoms with Gasteiger partial charge in [-0.3, -0.25) is 4.79 Å². The molecule has 0 aliphatic rings. The number of amides is 1. The number of hydrogen-bond donors (Lipinski definition) is 1. The third kappa shape index (κ3) is 3.60. The number of carbonyl (C=O) groups is 1. The first-order valence-corrected chi connectivity index (χ1v) is 9.05. The second kappa shape index (κ2) is 7.98. The molecule has 1 heterocycles. The van der Waals surface area contributed by atoms with Gasteiger partial charge in [-0.15, -0.1) is 10.2 Å². The molecule has 1 amide bonds. The highest BCUT2D eigenvalue weighted by atomic mass is 16.5. The normalized spacial score (nSPS) is 10.6. The SMILES string of the molecule is COc1ccc(OC)c(NC(=O)c2c(-c3ccccc3)nnc3ccccc23)c1. The number of benzene rings is 3. The van der Waals surface area contributed by atoms with Crippen molar-refractivity contribution in [2.24, 2.45) is 0 Å². The topological polar surface area (TPSA) is 73.3 Å². The Morgan fingerprint density at radius 2 is 1.62 bits per heavy atom. The first kappa shape index (κ1) is 18.4. The first-order valence-electron chi connectivity index (χ1n) is 9.05. The summed E-state index contributed by atoms with van der Waals surface area (Å²) in [5.41, 5.74) is 2.94. The minimum atomic E-state index is -0.304. The molecule has 144 valence electrons. The van der Waals surface area contributed by atoms with Crippen molar-refractivity contribution in [3.63, 3.8) is 0 Å². The van der Waals surface area contributed by atoms with E-state index in [0.717, 1.165) is 10.9 Å². The fraction of sp³-hybridized carbons (Fsp3) is 0.0870. The van der Waals surface area contributed by atoms with Crippen LogP contribution in [0.4, 0.5) is 5.69 Å². The van der Waals surface area contributed by atoms with Crippen molar-refractivity contribution in [2.45, 2.75) is 0 Å². The van der Waals surface area contributed by atoms with Crippen LogP contribution in [0.15, 0.2) is 72.8 Å². The molecule has 1 aromatic heterocycles. The van der Waals surface area contributed by atoms with Crippen LogP contribution in [0.3, 0.4) is 0 Å². The highest BCUT2D eigenvalue weighted by molar-refractivity contribution is 6.16. The van der Waals surface area contributed by atoms with Crippen molar-refractivity contribution < 1.29 is 14.3 Å². The lowest BCUT2D eigenvalue weighted by molar-refractivity contribution is 0.102. The zero-order valence-corrected chi connectivity index (χ0v) is 16.0. The highest BCUT2D eigenvalue weighted by Gasteiger charge is 2.20. The zero-order chi connectivity index (χ0) is 20.2. The van der Waals surface area contributed by atoms with Gasteiger partial charge in [0.2, 0.25) is 0 Å². The average Bonchev–Trinajstić information content (AvgIpc) is 2.78. The van der Waals surface area contributed by atoms with E-state index >= 15 is 0 Å². The van der Waals surface area contributed by atoms with Crippen molar-refractivity contribution in [2.75, 3.05) is 19.5 Å². The number of carbonyl (C=O) groups excluding carboxylic acids is 1. The molecule has 3 aromatic carbocycles. The standard InChI is InChI=1S/C23H19N3O3/c1-28-16-12-13-20(29-2)19(14-16)24-23(27)21-17-10-6-7-11-18(17)25-26-22(21)15-8-4-3-5-9-15/h3-14H,1-2H3,(H,24,27). The molecule has 6 nitrogen and oxygen atoms in total. The van der Waals surface area contributed by atoms with Gasteiger partial charge in [0.05, 0.1) is 31.0 Å². The number of nitrogens with one attached hydrogen (secondary N) is 1. The summed E-state index contributed by atoms with van der Waals surface area (Å²) < 4.78 is 10.7. The molecular formula is C23H19N3O3. The number of nitrogens with zero attached hydrogens (tertiary/aromatic N) is 2. The number of anilines is 1. The van der Waals surface area contributed by atoms with E-state index in [2.05, 4.69) is 15.5 Å². The average molecular weight is 385 g/mol. The number of aromatic nitrogens is 2. The lowest BCUT2D eigenvalue weighted by Crippen LogP contribution is -2.16. The molecule has 0 radical (unpaired) electrons. The first-order chi connectivity index (χ1) is 14.2. The molecule has 0 saturated carbocycles. The Morgan fingerprint density at radius 1 is 0.862 bits per heavy atom. The molecule has 1 N–H and O–H groups in total. The zero-order valence-electron chi connectivity index (χ0n) is 16.0. The van der Waals surface area contributed by atoms with Gasteiger partial charge in [0.15, 0.2) is 0 Å². The Bertz CT molecular complexity index is 1180. The van der Waals surface area contributed by atoms with Gasteiger partial charge in [0, 0.05) is 17.0 Å². The van der Waals surface area contributed by atoms with E-state index in [9.17, 15) is 4.79 Å². The fourth-order valence-corrected chi connectivity index (χ4v) is 3.18. The largest absolute Gasteiger partial charge is 0.497 e. The third-order valence-electron chi connectivity index (χ3n) is 4.60. The van der Waals surface area contributed by atoms with Crippen molar-refractivity contribution >= 4 is 22.5 Å². The molecular weight excluding hydrogens is 366 g/mol. The summed E-state index contributed by atoms with van der Waals surface area (Å²) in [6, 6.07) is 22.2. The number of rotatable bonds is 5. The highest BCUT2D eigenvalue weighted by Crippen LogP contribution is 2.32. The van der Waals surface area contributed by atoms with Crippen molar-refractivity contribution in [3.05, 3.63) is 78.4 Å². The fourth-order valence-electron chi connectivity index (χ4n) is 3.18. The van der Waals surface area contributed by atoms with Crippen LogP contribution in [0.1, 0.15) is 10.4 Å². The maximum atomic E-state index is 13.4. The van der Waals surface area contributed by atoms with E-state index in [4.69, 9.17) is 9.47 Å².